The standard InChI is InChI=1S/C20H36N4Si/c1-25(2,24-15-7-8-16-11-14-23-20(16)24)19(17-9-3-5-12-21-17)18-10-4-6-13-22-18/h8,17-19,21-22H,3-7,9-15H2,1-2H3. The minimum Gasteiger partial charge on any atom is -0.383 e. The van der Waals surface area contributed by atoms with Gasteiger partial charge < -0.3 is 15.2 Å². The average Bonchev–Trinajstić information content (AvgIpc) is 3.12. The number of aliphatic imine (C=N–C) groups is 1. The Kier molecular flexibility index (Phi) is 5.35. The molecule has 0 spiro atoms. The van der Waals surface area contributed by atoms with E-state index in [1.165, 1.54) is 76.8 Å². The minimum atomic E-state index is -1.66. The fourth-order valence-corrected chi connectivity index (χ4v) is 10.2. The van der Waals surface area contributed by atoms with Gasteiger partial charge >= 0.3 is 0 Å². The lowest BCUT2D eigenvalue weighted by Gasteiger charge is -2.52. The second-order valence-corrected chi connectivity index (χ2v) is 13.4. The highest BCUT2D eigenvalue weighted by Crippen LogP contribution is 2.40. The number of hydrogen-bond donors (Lipinski definition) is 2. The third kappa shape index (κ3) is 3.47. The van der Waals surface area contributed by atoms with Crippen molar-refractivity contribution in [3.8, 4) is 0 Å². The van der Waals surface area contributed by atoms with Crippen LogP contribution in [0, 0.1) is 0 Å². The molecule has 4 rings (SSSR count). The first-order valence-electron chi connectivity index (χ1n) is 10.7. The van der Waals surface area contributed by atoms with Crippen molar-refractivity contribution in [3.63, 3.8) is 0 Å². The summed E-state index contributed by atoms with van der Waals surface area (Å²) in [6.45, 7) is 9.89. The summed E-state index contributed by atoms with van der Waals surface area (Å²) >= 11 is 0. The molecule has 0 aliphatic carbocycles. The molecule has 4 nitrogen and oxygen atoms in total. The first kappa shape index (κ1) is 17.7. The monoisotopic (exact) mass is 360 g/mol. The molecule has 2 N–H and O–H groups in total. The summed E-state index contributed by atoms with van der Waals surface area (Å²) in [7, 11) is -1.66. The van der Waals surface area contributed by atoms with Crippen molar-refractivity contribution in [1.82, 2.24) is 15.2 Å². The molecule has 2 fully saturated rings. The Morgan fingerprint density at radius 3 is 2.36 bits per heavy atom. The minimum absolute atomic E-state index is 0.697. The summed E-state index contributed by atoms with van der Waals surface area (Å²) in [5.41, 5.74) is 2.31. The van der Waals surface area contributed by atoms with Crippen LogP contribution in [0.25, 0.3) is 0 Å². The molecule has 2 atom stereocenters. The summed E-state index contributed by atoms with van der Waals surface area (Å²) in [6, 6.07) is 1.39. The molecule has 0 amide bonds. The maximum atomic E-state index is 4.95. The number of amidine groups is 1. The van der Waals surface area contributed by atoms with Crippen molar-refractivity contribution in [1.29, 1.82) is 0 Å². The van der Waals surface area contributed by atoms with Gasteiger partial charge in [-0.1, -0.05) is 32.0 Å². The maximum absolute atomic E-state index is 4.95. The lowest BCUT2D eigenvalue weighted by Crippen LogP contribution is -2.65. The van der Waals surface area contributed by atoms with Gasteiger partial charge in [-0.05, 0) is 57.2 Å². The van der Waals surface area contributed by atoms with Crippen LogP contribution in [0.3, 0.4) is 0 Å². The first-order chi connectivity index (χ1) is 12.2. The number of hydrogen-bond acceptors (Lipinski definition) is 4. The van der Waals surface area contributed by atoms with E-state index in [4.69, 9.17) is 4.99 Å². The Bertz CT molecular complexity index is 512. The molecule has 2 unspecified atom stereocenters. The van der Waals surface area contributed by atoms with Gasteiger partial charge in [0.2, 0.25) is 0 Å². The molecule has 0 saturated carbocycles. The molecule has 2 saturated heterocycles. The van der Waals surface area contributed by atoms with Crippen LogP contribution in [0.4, 0.5) is 0 Å². The van der Waals surface area contributed by atoms with Gasteiger partial charge in [0.15, 0.2) is 8.24 Å². The van der Waals surface area contributed by atoms with Gasteiger partial charge in [-0.2, -0.15) is 0 Å². The fourth-order valence-electron chi connectivity index (χ4n) is 5.80. The van der Waals surface area contributed by atoms with Gasteiger partial charge in [0.25, 0.3) is 0 Å². The summed E-state index contributed by atoms with van der Waals surface area (Å²) in [5, 5.41) is 7.87. The van der Waals surface area contributed by atoms with Crippen LogP contribution < -0.4 is 10.6 Å². The van der Waals surface area contributed by atoms with E-state index >= 15 is 0 Å². The van der Waals surface area contributed by atoms with Crippen molar-refractivity contribution in [3.05, 3.63) is 11.6 Å². The number of rotatable bonds is 4. The normalized spacial score (nSPS) is 32.0. The van der Waals surface area contributed by atoms with E-state index in [0.29, 0.717) is 12.1 Å². The molecule has 0 bridgehead atoms. The topological polar surface area (TPSA) is 39.7 Å². The van der Waals surface area contributed by atoms with Crippen LogP contribution in [0.5, 0.6) is 0 Å². The summed E-state index contributed by atoms with van der Waals surface area (Å²) in [5.74, 6) is 1.37. The lowest BCUT2D eigenvalue weighted by molar-refractivity contribution is 0.290. The Morgan fingerprint density at radius 1 is 1.08 bits per heavy atom. The van der Waals surface area contributed by atoms with Gasteiger partial charge in [-0.25, -0.2) is 0 Å². The zero-order chi connectivity index (χ0) is 17.3. The van der Waals surface area contributed by atoms with Crippen LogP contribution in [-0.4, -0.2) is 56.9 Å². The fraction of sp³-hybridized carbons (Fsp3) is 0.850. The quantitative estimate of drug-likeness (QED) is 0.756. The molecular weight excluding hydrogens is 324 g/mol. The highest BCUT2D eigenvalue weighted by Gasteiger charge is 2.48. The number of nitrogens with one attached hydrogen (secondary N) is 2. The zero-order valence-electron chi connectivity index (χ0n) is 16.2. The Labute approximate surface area is 154 Å². The van der Waals surface area contributed by atoms with Crippen LogP contribution in [0.2, 0.25) is 18.6 Å². The highest BCUT2D eigenvalue weighted by molar-refractivity contribution is 6.79. The van der Waals surface area contributed by atoms with E-state index in [9.17, 15) is 0 Å². The largest absolute Gasteiger partial charge is 0.383 e. The number of piperidine rings is 2. The molecule has 5 heteroatoms. The molecule has 0 radical (unpaired) electrons. The smallest absolute Gasteiger partial charge is 0.158 e. The molecule has 140 valence electrons. The SMILES string of the molecule is C[Si](C)(C(C1CCCCN1)C1CCCCN1)N1CCC=C2CCN=C21. The van der Waals surface area contributed by atoms with Crippen LogP contribution in [-0.2, 0) is 0 Å². The molecule has 0 aromatic carbocycles. The third-order valence-corrected chi connectivity index (χ3v) is 11.3. The van der Waals surface area contributed by atoms with Gasteiger partial charge in [0.05, 0.1) is 0 Å². The van der Waals surface area contributed by atoms with Gasteiger partial charge in [0.1, 0.15) is 5.84 Å². The van der Waals surface area contributed by atoms with E-state index in [0.717, 1.165) is 12.1 Å². The zero-order valence-corrected chi connectivity index (χ0v) is 17.2. The van der Waals surface area contributed by atoms with Crippen LogP contribution >= 0.6 is 0 Å². The third-order valence-electron chi connectivity index (χ3n) is 7.00. The number of nitrogens with zero attached hydrogens (tertiary/aromatic N) is 2. The van der Waals surface area contributed by atoms with Crippen molar-refractivity contribution in [2.75, 3.05) is 26.2 Å². The Balaban J connectivity index is 1.63. The van der Waals surface area contributed by atoms with Crippen molar-refractivity contribution < 1.29 is 0 Å². The summed E-state index contributed by atoms with van der Waals surface area (Å²) in [6.07, 6.45) is 13.1. The predicted octanol–water partition coefficient (Wildman–Crippen LogP) is 3.28. The number of fused-ring (bicyclic) bond motifs is 1. The molecular formula is C20H36N4Si. The average molecular weight is 361 g/mol. The van der Waals surface area contributed by atoms with Crippen molar-refractivity contribution in [2.24, 2.45) is 4.99 Å². The molecule has 25 heavy (non-hydrogen) atoms. The Morgan fingerprint density at radius 2 is 1.76 bits per heavy atom. The second kappa shape index (κ2) is 7.53. The van der Waals surface area contributed by atoms with Gasteiger partial charge in [-0.3, -0.25) is 4.99 Å². The van der Waals surface area contributed by atoms with Crippen molar-refractivity contribution >= 4 is 14.1 Å². The van der Waals surface area contributed by atoms with E-state index in [1.807, 2.05) is 0 Å². The molecule has 4 heterocycles. The van der Waals surface area contributed by atoms with Gasteiger partial charge in [-0.15, -0.1) is 0 Å². The Hall–Kier alpha value is -0.653. The highest BCUT2D eigenvalue weighted by atomic mass is 28.3. The van der Waals surface area contributed by atoms with E-state index in [1.54, 1.807) is 5.57 Å². The molecule has 4 aliphatic rings. The predicted molar refractivity (Wildman–Crippen MR) is 109 cm³/mol. The summed E-state index contributed by atoms with van der Waals surface area (Å²) < 4.78 is 2.81. The van der Waals surface area contributed by atoms with E-state index < -0.39 is 8.24 Å². The molecule has 4 aliphatic heterocycles. The molecule has 0 aromatic heterocycles. The second-order valence-electron chi connectivity index (χ2n) is 8.92. The van der Waals surface area contributed by atoms with E-state index in [-0.39, 0.29) is 0 Å². The van der Waals surface area contributed by atoms with E-state index in [2.05, 4.69) is 34.4 Å². The van der Waals surface area contributed by atoms with Crippen molar-refractivity contribution in [2.45, 2.75) is 82.1 Å². The maximum Gasteiger partial charge on any atom is 0.158 e. The summed E-state index contributed by atoms with van der Waals surface area (Å²) in [4.78, 5) is 4.95. The van der Waals surface area contributed by atoms with Crippen LogP contribution in [0.1, 0.15) is 51.4 Å². The van der Waals surface area contributed by atoms with Gasteiger partial charge in [0, 0.05) is 30.7 Å². The lowest BCUT2D eigenvalue weighted by atomic mass is 9.93. The first-order valence-corrected chi connectivity index (χ1v) is 13.7. The molecule has 0 aromatic rings. The van der Waals surface area contributed by atoms with Crippen LogP contribution in [0.15, 0.2) is 16.6 Å².